The number of nitrogens with one attached hydrogen (secondary N) is 1. The molecule has 1 heterocycles. The highest BCUT2D eigenvalue weighted by Crippen LogP contribution is 2.24. The van der Waals surface area contributed by atoms with Crippen molar-refractivity contribution >= 4 is 22.9 Å². The maximum atomic E-state index is 11.7. The number of benzene rings is 2. The van der Waals surface area contributed by atoms with Crippen molar-refractivity contribution in [2.45, 2.75) is 13.3 Å². The standard InChI is InChI=1S/C16H15N3O/c1-2-15(20)18-16-17-13-10-6-7-11-14(13)19(16)12-8-4-3-5-9-12/h3-11H,2H2,1H3,(H,17,18,20). The van der Waals surface area contributed by atoms with Crippen molar-refractivity contribution in [1.82, 2.24) is 9.55 Å². The first-order valence-corrected chi connectivity index (χ1v) is 6.62. The predicted octanol–water partition coefficient (Wildman–Crippen LogP) is 3.37. The summed E-state index contributed by atoms with van der Waals surface area (Å²) >= 11 is 0. The largest absolute Gasteiger partial charge is 0.296 e. The van der Waals surface area contributed by atoms with E-state index in [2.05, 4.69) is 10.3 Å². The molecule has 2 aromatic carbocycles. The zero-order chi connectivity index (χ0) is 13.9. The number of rotatable bonds is 3. The fourth-order valence-electron chi connectivity index (χ4n) is 2.16. The normalized spacial score (nSPS) is 10.7. The molecule has 4 heteroatoms. The van der Waals surface area contributed by atoms with Gasteiger partial charge in [-0.2, -0.15) is 0 Å². The van der Waals surface area contributed by atoms with E-state index < -0.39 is 0 Å². The van der Waals surface area contributed by atoms with Crippen molar-refractivity contribution in [1.29, 1.82) is 0 Å². The zero-order valence-corrected chi connectivity index (χ0v) is 11.2. The van der Waals surface area contributed by atoms with Gasteiger partial charge in [0, 0.05) is 12.1 Å². The van der Waals surface area contributed by atoms with Gasteiger partial charge in [0.2, 0.25) is 11.9 Å². The highest BCUT2D eigenvalue weighted by molar-refractivity contribution is 5.92. The van der Waals surface area contributed by atoms with Gasteiger partial charge in [0.25, 0.3) is 0 Å². The molecule has 0 unspecified atom stereocenters. The molecule has 3 rings (SSSR count). The Morgan fingerprint density at radius 1 is 1.10 bits per heavy atom. The molecule has 1 aromatic heterocycles. The molecular weight excluding hydrogens is 250 g/mol. The van der Waals surface area contributed by atoms with Crippen LogP contribution in [0.1, 0.15) is 13.3 Å². The van der Waals surface area contributed by atoms with Crippen molar-refractivity contribution in [2.24, 2.45) is 0 Å². The van der Waals surface area contributed by atoms with Gasteiger partial charge in [-0.05, 0) is 24.3 Å². The Balaban J connectivity index is 2.21. The van der Waals surface area contributed by atoms with Crippen LogP contribution in [-0.2, 0) is 4.79 Å². The topological polar surface area (TPSA) is 46.9 Å². The van der Waals surface area contributed by atoms with Crippen molar-refractivity contribution in [2.75, 3.05) is 5.32 Å². The molecule has 0 aliphatic carbocycles. The van der Waals surface area contributed by atoms with Crippen LogP contribution in [0.5, 0.6) is 0 Å². The summed E-state index contributed by atoms with van der Waals surface area (Å²) in [7, 11) is 0. The molecule has 0 aliphatic heterocycles. The first kappa shape index (κ1) is 12.4. The minimum atomic E-state index is -0.0440. The number of para-hydroxylation sites is 3. The lowest BCUT2D eigenvalue weighted by Crippen LogP contribution is -2.13. The van der Waals surface area contributed by atoms with Gasteiger partial charge in [0.05, 0.1) is 11.0 Å². The van der Waals surface area contributed by atoms with Crippen molar-refractivity contribution in [3.8, 4) is 5.69 Å². The molecule has 100 valence electrons. The van der Waals surface area contributed by atoms with E-state index in [1.54, 1.807) is 0 Å². The Labute approximate surface area is 117 Å². The van der Waals surface area contributed by atoms with Crippen LogP contribution in [0.2, 0.25) is 0 Å². The summed E-state index contributed by atoms with van der Waals surface area (Å²) in [4.78, 5) is 16.2. The summed E-state index contributed by atoms with van der Waals surface area (Å²) in [6.45, 7) is 1.82. The van der Waals surface area contributed by atoms with Crippen LogP contribution in [0.25, 0.3) is 16.7 Å². The zero-order valence-electron chi connectivity index (χ0n) is 11.2. The molecule has 0 atom stereocenters. The van der Waals surface area contributed by atoms with E-state index in [1.165, 1.54) is 0 Å². The second-order valence-electron chi connectivity index (χ2n) is 4.50. The Kier molecular flexibility index (Phi) is 3.21. The van der Waals surface area contributed by atoms with E-state index in [4.69, 9.17) is 0 Å². The van der Waals surface area contributed by atoms with Crippen LogP contribution in [0, 0.1) is 0 Å². The molecule has 0 aliphatic rings. The van der Waals surface area contributed by atoms with E-state index in [-0.39, 0.29) is 5.91 Å². The van der Waals surface area contributed by atoms with Gasteiger partial charge in [-0.3, -0.25) is 14.7 Å². The molecule has 0 fully saturated rings. The van der Waals surface area contributed by atoms with Gasteiger partial charge < -0.3 is 0 Å². The van der Waals surface area contributed by atoms with Crippen LogP contribution >= 0.6 is 0 Å². The summed E-state index contributed by atoms with van der Waals surface area (Å²) in [6, 6.07) is 17.7. The Bertz CT molecular complexity index is 747. The second-order valence-corrected chi connectivity index (χ2v) is 4.50. The number of amides is 1. The van der Waals surface area contributed by atoms with Gasteiger partial charge in [0.1, 0.15) is 0 Å². The molecule has 0 saturated heterocycles. The number of nitrogens with zero attached hydrogens (tertiary/aromatic N) is 2. The van der Waals surface area contributed by atoms with Gasteiger partial charge in [-0.25, -0.2) is 4.98 Å². The summed E-state index contributed by atoms with van der Waals surface area (Å²) < 4.78 is 1.96. The van der Waals surface area contributed by atoms with Crippen LogP contribution < -0.4 is 5.32 Å². The van der Waals surface area contributed by atoms with Gasteiger partial charge in [-0.1, -0.05) is 37.3 Å². The molecule has 4 nitrogen and oxygen atoms in total. The lowest BCUT2D eigenvalue weighted by molar-refractivity contribution is -0.115. The van der Waals surface area contributed by atoms with Crippen LogP contribution in [-0.4, -0.2) is 15.5 Å². The molecule has 0 bridgehead atoms. The Morgan fingerprint density at radius 2 is 1.80 bits per heavy atom. The number of imidazole rings is 1. The Morgan fingerprint density at radius 3 is 2.55 bits per heavy atom. The molecule has 3 aromatic rings. The Hall–Kier alpha value is -2.62. The molecule has 0 radical (unpaired) electrons. The third kappa shape index (κ3) is 2.16. The summed E-state index contributed by atoms with van der Waals surface area (Å²) in [5.41, 5.74) is 2.82. The first-order chi connectivity index (χ1) is 9.79. The third-order valence-corrected chi connectivity index (χ3v) is 3.15. The number of hydrogen-bond acceptors (Lipinski definition) is 2. The number of aromatic nitrogens is 2. The highest BCUT2D eigenvalue weighted by atomic mass is 16.1. The van der Waals surface area contributed by atoms with Crippen molar-refractivity contribution < 1.29 is 4.79 Å². The predicted molar refractivity (Wildman–Crippen MR) is 80.0 cm³/mol. The molecule has 0 saturated carbocycles. The smallest absolute Gasteiger partial charge is 0.226 e. The van der Waals surface area contributed by atoms with E-state index in [0.29, 0.717) is 12.4 Å². The number of carbonyl (C=O) groups is 1. The number of fused-ring (bicyclic) bond motifs is 1. The van der Waals surface area contributed by atoms with E-state index in [9.17, 15) is 4.79 Å². The number of hydrogen-bond donors (Lipinski definition) is 1. The van der Waals surface area contributed by atoms with Crippen molar-refractivity contribution in [3.63, 3.8) is 0 Å². The molecule has 1 N–H and O–H groups in total. The lowest BCUT2D eigenvalue weighted by atomic mass is 10.3. The lowest BCUT2D eigenvalue weighted by Gasteiger charge is -2.09. The van der Waals surface area contributed by atoms with Crippen molar-refractivity contribution in [3.05, 3.63) is 54.6 Å². The average Bonchev–Trinajstić information content (AvgIpc) is 2.85. The highest BCUT2D eigenvalue weighted by Gasteiger charge is 2.13. The number of carbonyl (C=O) groups excluding carboxylic acids is 1. The third-order valence-electron chi connectivity index (χ3n) is 3.15. The molecule has 20 heavy (non-hydrogen) atoms. The maximum Gasteiger partial charge on any atom is 0.226 e. The molecule has 1 amide bonds. The first-order valence-electron chi connectivity index (χ1n) is 6.62. The van der Waals surface area contributed by atoms with Crippen LogP contribution in [0.15, 0.2) is 54.6 Å². The van der Waals surface area contributed by atoms with Crippen LogP contribution in [0.4, 0.5) is 5.95 Å². The fraction of sp³-hybridized carbons (Fsp3) is 0.125. The SMILES string of the molecule is CCC(=O)Nc1nc2ccccc2n1-c1ccccc1. The summed E-state index contributed by atoms with van der Waals surface area (Å²) in [5, 5.41) is 2.86. The monoisotopic (exact) mass is 265 g/mol. The maximum absolute atomic E-state index is 11.7. The number of anilines is 1. The van der Waals surface area contributed by atoms with E-state index in [1.807, 2.05) is 66.1 Å². The van der Waals surface area contributed by atoms with Gasteiger partial charge >= 0.3 is 0 Å². The van der Waals surface area contributed by atoms with Gasteiger partial charge in [0.15, 0.2) is 0 Å². The molecular formula is C16H15N3O. The summed E-state index contributed by atoms with van der Waals surface area (Å²) in [5.74, 6) is 0.515. The second kappa shape index (κ2) is 5.17. The average molecular weight is 265 g/mol. The van der Waals surface area contributed by atoms with Crippen LogP contribution in [0.3, 0.4) is 0 Å². The van der Waals surface area contributed by atoms with E-state index >= 15 is 0 Å². The quantitative estimate of drug-likeness (QED) is 0.789. The van der Waals surface area contributed by atoms with Gasteiger partial charge in [-0.15, -0.1) is 0 Å². The minimum absolute atomic E-state index is 0.0440. The molecule has 0 spiro atoms. The fourth-order valence-corrected chi connectivity index (χ4v) is 2.16. The summed E-state index contributed by atoms with van der Waals surface area (Å²) in [6.07, 6.45) is 0.429. The van der Waals surface area contributed by atoms with E-state index in [0.717, 1.165) is 16.7 Å². The minimum Gasteiger partial charge on any atom is -0.296 e.